The summed E-state index contributed by atoms with van der Waals surface area (Å²) in [5, 5.41) is 10.8. The Labute approximate surface area is 202 Å². The Hall–Kier alpha value is -3.14. The lowest BCUT2D eigenvalue weighted by atomic mass is 10.1. The minimum absolute atomic E-state index is 0.0253. The fourth-order valence-electron chi connectivity index (χ4n) is 3.26. The Kier molecular flexibility index (Phi) is 8.14. The molecule has 0 radical (unpaired) electrons. The van der Waals surface area contributed by atoms with E-state index in [0.29, 0.717) is 49.8 Å². The molecule has 1 fully saturated rings. The maximum absolute atomic E-state index is 13.4. The normalized spacial score (nSPS) is 15.8. The van der Waals surface area contributed by atoms with Gasteiger partial charge in [-0.3, -0.25) is 4.79 Å². The van der Waals surface area contributed by atoms with Crippen LogP contribution in [0.5, 0.6) is 5.75 Å². The van der Waals surface area contributed by atoms with Crippen molar-refractivity contribution in [3.8, 4) is 5.75 Å². The molecule has 1 aliphatic rings. The van der Waals surface area contributed by atoms with Gasteiger partial charge in [0.1, 0.15) is 17.2 Å². The first-order valence-corrected chi connectivity index (χ1v) is 11.2. The van der Waals surface area contributed by atoms with E-state index < -0.39 is 17.3 Å². The molecule has 2 heterocycles. The van der Waals surface area contributed by atoms with Crippen molar-refractivity contribution >= 4 is 23.6 Å². The first-order chi connectivity index (χ1) is 16.0. The number of carbonyl (C=O) groups is 2. The number of benzene rings is 1. The summed E-state index contributed by atoms with van der Waals surface area (Å²) in [6, 6.07) is 3.93. The van der Waals surface area contributed by atoms with Crippen LogP contribution in [0.1, 0.15) is 51.3 Å². The lowest BCUT2D eigenvalue weighted by Gasteiger charge is -2.24. The van der Waals surface area contributed by atoms with Crippen LogP contribution >= 0.6 is 11.6 Å². The average Bonchev–Trinajstić information content (AvgIpc) is 3.41. The van der Waals surface area contributed by atoms with Crippen LogP contribution in [-0.2, 0) is 16.0 Å². The molecule has 1 aromatic carbocycles. The number of aryl methyl sites for hydroxylation is 1. The zero-order valence-electron chi connectivity index (χ0n) is 19.4. The number of nitrogens with one attached hydrogen (secondary N) is 1. The molecular formula is C23H28ClFN4O5. The van der Waals surface area contributed by atoms with E-state index in [9.17, 15) is 14.0 Å². The first-order valence-electron chi connectivity index (χ1n) is 10.9. The number of likely N-dealkylation sites (tertiary alicyclic amines) is 1. The number of aromatic nitrogens is 2. The van der Waals surface area contributed by atoms with Crippen molar-refractivity contribution < 1.29 is 27.9 Å². The molecule has 3 rings (SSSR count). The highest BCUT2D eigenvalue weighted by Gasteiger charge is 2.33. The number of carbonyl (C=O) groups excluding carboxylic acids is 2. The van der Waals surface area contributed by atoms with Crippen molar-refractivity contribution in [2.45, 2.75) is 51.6 Å². The summed E-state index contributed by atoms with van der Waals surface area (Å²) in [6.45, 7) is 10.0. The number of nitrogens with zero attached hydrogens (tertiary/aromatic N) is 3. The van der Waals surface area contributed by atoms with Crippen LogP contribution in [0.3, 0.4) is 0 Å². The Bertz CT molecular complexity index is 1050. The van der Waals surface area contributed by atoms with Crippen molar-refractivity contribution in [2.75, 3.05) is 19.7 Å². The maximum Gasteiger partial charge on any atom is 0.410 e. The molecule has 184 valence electrons. The quantitative estimate of drug-likeness (QED) is 0.585. The van der Waals surface area contributed by atoms with Gasteiger partial charge in [0.25, 0.3) is 5.91 Å². The number of amides is 2. The molecule has 11 heteroatoms. The second kappa shape index (κ2) is 10.9. The van der Waals surface area contributed by atoms with Crippen LogP contribution in [-0.4, -0.2) is 52.4 Å². The number of ether oxygens (including phenoxy) is 2. The highest BCUT2D eigenvalue weighted by molar-refractivity contribution is 6.30. The highest BCUT2D eigenvalue weighted by atomic mass is 35.5. The van der Waals surface area contributed by atoms with Gasteiger partial charge in [-0.25, -0.2) is 9.18 Å². The number of rotatable bonds is 8. The highest BCUT2D eigenvalue weighted by Crippen LogP contribution is 2.27. The van der Waals surface area contributed by atoms with Crippen molar-refractivity contribution in [1.29, 1.82) is 0 Å². The Balaban J connectivity index is 1.40. The van der Waals surface area contributed by atoms with Crippen LogP contribution in [0.25, 0.3) is 0 Å². The second-order valence-corrected chi connectivity index (χ2v) is 9.37. The van der Waals surface area contributed by atoms with E-state index in [-0.39, 0.29) is 29.4 Å². The Morgan fingerprint density at radius 2 is 2.12 bits per heavy atom. The predicted octanol–water partition coefficient (Wildman–Crippen LogP) is 4.23. The van der Waals surface area contributed by atoms with Gasteiger partial charge in [0.05, 0.1) is 10.9 Å². The molecule has 1 aliphatic heterocycles. The summed E-state index contributed by atoms with van der Waals surface area (Å²) in [5.41, 5.74) is -0.0996. The average molecular weight is 495 g/mol. The minimum atomic E-state index is -0.627. The van der Waals surface area contributed by atoms with Gasteiger partial charge in [0, 0.05) is 31.3 Å². The molecule has 34 heavy (non-hydrogen) atoms. The van der Waals surface area contributed by atoms with Gasteiger partial charge in [0.15, 0.2) is 6.61 Å². The molecule has 0 saturated carbocycles. The lowest BCUT2D eigenvalue weighted by Crippen LogP contribution is -2.35. The van der Waals surface area contributed by atoms with Crippen LogP contribution in [0.4, 0.5) is 9.18 Å². The third-order valence-corrected chi connectivity index (χ3v) is 5.20. The van der Waals surface area contributed by atoms with Gasteiger partial charge in [-0.15, -0.1) is 10.2 Å². The summed E-state index contributed by atoms with van der Waals surface area (Å²) in [5.74, 6) is -0.0316. The minimum Gasteiger partial charge on any atom is -0.484 e. The predicted molar refractivity (Wildman–Crippen MR) is 122 cm³/mol. The fourth-order valence-corrected chi connectivity index (χ4v) is 3.37. The monoisotopic (exact) mass is 494 g/mol. The molecular weight excluding hydrogens is 467 g/mol. The maximum atomic E-state index is 13.4. The third-order valence-electron chi connectivity index (χ3n) is 4.89. The van der Waals surface area contributed by atoms with Crippen LogP contribution in [0.15, 0.2) is 34.9 Å². The van der Waals surface area contributed by atoms with Gasteiger partial charge in [-0.2, -0.15) is 0 Å². The zero-order chi connectivity index (χ0) is 24.9. The van der Waals surface area contributed by atoms with E-state index >= 15 is 0 Å². The lowest BCUT2D eigenvalue weighted by molar-refractivity contribution is -0.122. The van der Waals surface area contributed by atoms with E-state index in [0.717, 1.165) is 6.07 Å². The molecule has 0 spiro atoms. The van der Waals surface area contributed by atoms with Gasteiger partial charge in [-0.1, -0.05) is 18.2 Å². The number of hydrogen-bond donors (Lipinski definition) is 1. The molecule has 9 nitrogen and oxygen atoms in total. The van der Waals surface area contributed by atoms with E-state index in [1.807, 2.05) is 20.8 Å². The summed E-state index contributed by atoms with van der Waals surface area (Å²) >= 11 is 5.62. The number of allylic oxidation sites excluding steroid dienone is 1. The van der Waals surface area contributed by atoms with Crippen molar-refractivity contribution in [3.63, 3.8) is 0 Å². The Morgan fingerprint density at radius 3 is 2.82 bits per heavy atom. The van der Waals surface area contributed by atoms with Crippen molar-refractivity contribution in [1.82, 2.24) is 20.4 Å². The smallest absolute Gasteiger partial charge is 0.410 e. The molecule has 1 N–H and O–H groups in total. The molecule has 0 bridgehead atoms. The van der Waals surface area contributed by atoms with Crippen LogP contribution in [0.2, 0.25) is 5.02 Å². The van der Waals surface area contributed by atoms with Gasteiger partial charge >= 0.3 is 6.09 Å². The number of halogens is 2. The molecule has 0 aliphatic carbocycles. The zero-order valence-corrected chi connectivity index (χ0v) is 20.2. The van der Waals surface area contributed by atoms with Crippen LogP contribution < -0.4 is 10.1 Å². The summed E-state index contributed by atoms with van der Waals surface area (Å²) in [4.78, 5) is 25.9. The third kappa shape index (κ3) is 7.44. The van der Waals surface area contributed by atoms with E-state index in [2.05, 4.69) is 22.1 Å². The van der Waals surface area contributed by atoms with E-state index in [1.54, 1.807) is 4.90 Å². The first kappa shape index (κ1) is 25.5. The van der Waals surface area contributed by atoms with E-state index in [4.69, 9.17) is 25.5 Å². The molecule has 1 aromatic heterocycles. The summed E-state index contributed by atoms with van der Waals surface area (Å²) < 4.78 is 29.8. The van der Waals surface area contributed by atoms with Crippen LogP contribution in [0, 0.1) is 5.82 Å². The second-order valence-electron chi connectivity index (χ2n) is 8.96. The fraction of sp³-hybridized carbons (Fsp3) is 0.478. The molecule has 1 saturated heterocycles. The largest absolute Gasteiger partial charge is 0.484 e. The summed E-state index contributed by atoms with van der Waals surface area (Å²) in [6.07, 6.45) is 1.13. The van der Waals surface area contributed by atoms with E-state index in [1.165, 1.54) is 12.1 Å². The summed E-state index contributed by atoms with van der Waals surface area (Å²) in [7, 11) is 0. The Morgan fingerprint density at radius 1 is 1.35 bits per heavy atom. The topological polar surface area (TPSA) is 107 Å². The number of hydrogen-bond acceptors (Lipinski definition) is 7. The standard InChI is InChI=1S/C23H28ClFN4O5/c1-14(26-19(30)13-32-16-6-7-17(24)18(25)11-16)5-8-20-27-28-21(33-20)15-9-10-29(12-15)22(31)34-23(2,3)4/h6-7,11,15H,1,5,8-10,12-13H2,2-4H3,(H,26,30). The molecule has 1 atom stereocenters. The van der Waals surface area contributed by atoms with Gasteiger partial charge < -0.3 is 24.1 Å². The molecule has 1 unspecified atom stereocenters. The van der Waals surface area contributed by atoms with Gasteiger partial charge in [-0.05, 0) is 45.7 Å². The van der Waals surface area contributed by atoms with Crippen molar-refractivity contribution in [3.05, 3.63) is 53.1 Å². The molecule has 2 amide bonds. The molecule has 2 aromatic rings. The SMILES string of the molecule is C=C(CCc1nnc(C2CCN(C(=O)OC(C)(C)C)C2)o1)NC(=O)COc1ccc(Cl)c(F)c1. The van der Waals surface area contributed by atoms with Gasteiger partial charge in [0.2, 0.25) is 11.8 Å². The van der Waals surface area contributed by atoms with Crippen molar-refractivity contribution in [2.24, 2.45) is 0 Å².